The highest BCUT2D eigenvalue weighted by Gasteiger charge is 2.09. The zero-order valence-electron chi connectivity index (χ0n) is 18.5. The molecule has 0 unspecified atom stereocenters. The van der Waals surface area contributed by atoms with Crippen LogP contribution in [0.25, 0.3) is 11.3 Å². The number of carbonyl (C=O) groups is 1. The van der Waals surface area contributed by atoms with Crippen LogP contribution in [0.3, 0.4) is 0 Å². The van der Waals surface area contributed by atoms with E-state index < -0.39 is 0 Å². The average Bonchev–Trinajstić information content (AvgIpc) is 2.81. The molecule has 0 aliphatic heterocycles. The fourth-order valence-electron chi connectivity index (χ4n) is 3.30. The summed E-state index contributed by atoms with van der Waals surface area (Å²) in [7, 11) is 0. The first-order valence-electron chi connectivity index (χ1n) is 11.2. The lowest BCUT2D eigenvalue weighted by Crippen LogP contribution is -2.08. The molecule has 0 fully saturated rings. The van der Waals surface area contributed by atoms with E-state index in [4.69, 9.17) is 9.47 Å². The number of benzene rings is 2. The van der Waals surface area contributed by atoms with Gasteiger partial charge in [0, 0.05) is 11.8 Å². The molecule has 162 valence electrons. The molecule has 0 saturated heterocycles. The highest BCUT2D eigenvalue weighted by molar-refractivity contribution is 5.91. The second kappa shape index (κ2) is 11.9. The molecule has 4 nitrogen and oxygen atoms in total. The summed E-state index contributed by atoms with van der Waals surface area (Å²) in [5.41, 5.74) is 3.63. The normalized spacial score (nSPS) is 10.6. The summed E-state index contributed by atoms with van der Waals surface area (Å²) in [6.07, 6.45) is 8.74. The molecule has 0 atom stereocenters. The number of aryl methyl sites for hydroxylation is 1. The van der Waals surface area contributed by atoms with Crippen LogP contribution < -0.4 is 9.47 Å². The standard InChI is InChI=1S/C27H31NO3/c1-3-5-6-7-19-30-24-14-12-23(13-15-24)27(29)31-25-16-10-22(11-17-25)26-18-9-21(8-4-2)20-28-26/h9-18,20H,3-8,19H2,1-2H3. The van der Waals surface area contributed by atoms with Crippen LogP contribution >= 0.6 is 0 Å². The van der Waals surface area contributed by atoms with Crippen LogP contribution in [-0.4, -0.2) is 17.6 Å². The van der Waals surface area contributed by atoms with Gasteiger partial charge in [-0.25, -0.2) is 4.79 Å². The van der Waals surface area contributed by atoms with Crippen LogP contribution in [0.2, 0.25) is 0 Å². The maximum Gasteiger partial charge on any atom is 0.343 e. The number of pyridine rings is 1. The smallest absolute Gasteiger partial charge is 0.343 e. The van der Waals surface area contributed by atoms with Crippen molar-refractivity contribution in [1.82, 2.24) is 4.98 Å². The first-order valence-corrected chi connectivity index (χ1v) is 11.2. The van der Waals surface area contributed by atoms with Gasteiger partial charge in [-0.1, -0.05) is 45.6 Å². The van der Waals surface area contributed by atoms with Gasteiger partial charge in [0.1, 0.15) is 11.5 Å². The van der Waals surface area contributed by atoms with Crippen LogP contribution in [0.5, 0.6) is 11.5 Å². The number of nitrogens with zero attached hydrogens (tertiary/aromatic N) is 1. The molecule has 31 heavy (non-hydrogen) atoms. The minimum absolute atomic E-state index is 0.385. The Balaban J connectivity index is 1.53. The van der Waals surface area contributed by atoms with Gasteiger partial charge in [-0.15, -0.1) is 0 Å². The highest BCUT2D eigenvalue weighted by atomic mass is 16.5. The van der Waals surface area contributed by atoms with Crippen LogP contribution in [-0.2, 0) is 6.42 Å². The van der Waals surface area contributed by atoms with Crippen LogP contribution in [0.15, 0.2) is 66.9 Å². The molecule has 0 amide bonds. The lowest BCUT2D eigenvalue weighted by Gasteiger charge is -2.08. The first kappa shape index (κ1) is 22.5. The molecule has 2 aromatic carbocycles. The first-order chi connectivity index (χ1) is 15.2. The number of unbranched alkanes of at least 4 members (excludes halogenated alkanes) is 3. The fourth-order valence-corrected chi connectivity index (χ4v) is 3.30. The lowest BCUT2D eigenvalue weighted by molar-refractivity contribution is 0.0734. The van der Waals surface area contributed by atoms with Crippen molar-refractivity contribution in [2.24, 2.45) is 0 Å². The van der Waals surface area contributed by atoms with E-state index in [9.17, 15) is 4.79 Å². The molecule has 0 bridgehead atoms. The molecule has 4 heteroatoms. The number of hydrogen-bond acceptors (Lipinski definition) is 4. The SMILES string of the molecule is CCCCCCOc1ccc(C(=O)Oc2ccc(-c3ccc(CCC)cn3)cc2)cc1. The van der Waals surface area contributed by atoms with Crippen molar-refractivity contribution in [3.05, 3.63) is 78.0 Å². The number of rotatable bonds is 11. The van der Waals surface area contributed by atoms with Crippen molar-refractivity contribution >= 4 is 5.97 Å². The van der Waals surface area contributed by atoms with Crippen LogP contribution in [0.1, 0.15) is 61.9 Å². The Kier molecular flexibility index (Phi) is 8.65. The van der Waals surface area contributed by atoms with Gasteiger partial charge in [0.15, 0.2) is 0 Å². The Bertz CT molecular complexity index is 932. The Morgan fingerprint density at radius 2 is 1.55 bits per heavy atom. The molecular formula is C27H31NO3. The summed E-state index contributed by atoms with van der Waals surface area (Å²) < 4.78 is 11.2. The van der Waals surface area contributed by atoms with E-state index in [0.29, 0.717) is 17.9 Å². The number of hydrogen-bond donors (Lipinski definition) is 0. The summed E-state index contributed by atoms with van der Waals surface area (Å²) >= 11 is 0. The summed E-state index contributed by atoms with van der Waals surface area (Å²) in [4.78, 5) is 17.0. The minimum Gasteiger partial charge on any atom is -0.494 e. The molecule has 1 aromatic heterocycles. The van der Waals surface area contributed by atoms with Crippen molar-refractivity contribution < 1.29 is 14.3 Å². The molecule has 0 saturated carbocycles. The number of esters is 1. The van der Waals surface area contributed by atoms with Gasteiger partial charge in [-0.05, 0) is 73.0 Å². The predicted octanol–water partition coefficient (Wildman–Crippen LogP) is 6.88. The Hall–Kier alpha value is -3.14. The van der Waals surface area contributed by atoms with Crippen molar-refractivity contribution in [3.8, 4) is 22.8 Å². The quantitative estimate of drug-likeness (QED) is 0.194. The molecule has 0 aliphatic rings. The third-order valence-corrected chi connectivity index (χ3v) is 5.08. The number of aromatic nitrogens is 1. The molecule has 0 N–H and O–H groups in total. The largest absolute Gasteiger partial charge is 0.494 e. The van der Waals surface area contributed by atoms with E-state index >= 15 is 0 Å². The Morgan fingerprint density at radius 3 is 2.19 bits per heavy atom. The van der Waals surface area contributed by atoms with Gasteiger partial charge >= 0.3 is 5.97 Å². The summed E-state index contributed by atoms with van der Waals surface area (Å²) in [6, 6.07) is 18.7. The third-order valence-electron chi connectivity index (χ3n) is 5.08. The van der Waals surface area contributed by atoms with E-state index in [1.165, 1.54) is 24.8 Å². The maximum absolute atomic E-state index is 12.4. The van der Waals surface area contributed by atoms with Crippen LogP contribution in [0.4, 0.5) is 0 Å². The third kappa shape index (κ3) is 6.95. The lowest BCUT2D eigenvalue weighted by atomic mass is 10.1. The van der Waals surface area contributed by atoms with Gasteiger partial charge < -0.3 is 9.47 Å². The van der Waals surface area contributed by atoms with E-state index in [1.807, 2.05) is 36.5 Å². The van der Waals surface area contributed by atoms with Crippen molar-refractivity contribution in [3.63, 3.8) is 0 Å². The second-order valence-corrected chi connectivity index (χ2v) is 7.65. The molecule has 1 heterocycles. The molecule has 0 aliphatic carbocycles. The predicted molar refractivity (Wildman–Crippen MR) is 125 cm³/mol. The number of carbonyl (C=O) groups excluding carboxylic acids is 1. The molecular weight excluding hydrogens is 386 g/mol. The van der Waals surface area contributed by atoms with Crippen molar-refractivity contribution in [2.45, 2.75) is 52.4 Å². The van der Waals surface area contributed by atoms with E-state index in [1.54, 1.807) is 24.3 Å². The molecule has 0 spiro atoms. The summed E-state index contributed by atoms with van der Waals surface area (Å²) in [6.45, 7) is 5.05. The summed E-state index contributed by atoms with van der Waals surface area (Å²) in [5, 5.41) is 0. The fraction of sp³-hybridized carbons (Fsp3) is 0.333. The van der Waals surface area contributed by atoms with Gasteiger partial charge in [0.05, 0.1) is 17.9 Å². The van der Waals surface area contributed by atoms with E-state index in [2.05, 4.69) is 24.9 Å². The monoisotopic (exact) mass is 417 g/mol. The number of ether oxygens (including phenoxy) is 2. The van der Waals surface area contributed by atoms with Gasteiger partial charge in [0.25, 0.3) is 0 Å². The summed E-state index contributed by atoms with van der Waals surface area (Å²) in [5.74, 6) is 0.895. The highest BCUT2D eigenvalue weighted by Crippen LogP contribution is 2.22. The van der Waals surface area contributed by atoms with Crippen molar-refractivity contribution in [2.75, 3.05) is 6.61 Å². The van der Waals surface area contributed by atoms with Crippen LogP contribution in [0, 0.1) is 0 Å². The average molecular weight is 418 g/mol. The Labute approximate surface area is 185 Å². The van der Waals surface area contributed by atoms with Gasteiger partial charge in [0.2, 0.25) is 0 Å². The topological polar surface area (TPSA) is 48.4 Å². The molecule has 3 aromatic rings. The minimum atomic E-state index is -0.385. The Morgan fingerprint density at radius 1 is 0.806 bits per heavy atom. The van der Waals surface area contributed by atoms with E-state index in [-0.39, 0.29) is 5.97 Å². The maximum atomic E-state index is 12.4. The van der Waals surface area contributed by atoms with Crippen molar-refractivity contribution in [1.29, 1.82) is 0 Å². The zero-order chi connectivity index (χ0) is 21.9. The van der Waals surface area contributed by atoms with E-state index in [0.717, 1.165) is 36.3 Å². The van der Waals surface area contributed by atoms with Gasteiger partial charge in [-0.2, -0.15) is 0 Å². The zero-order valence-corrected chi connectivity index (χ0v) is 18.5. The molecule has 3 rings (SSSR count). The second-order valence-electron chi connectivity index (χ2n) is 7.65. The van der Waals surface area contributed by atoms with Gasteiger partial charge in [-0.3, -0.25) is 4.98 Å². The molecule has 0 radical (unpaired) electrons.